The Labute approximate surface area is 132 Å². The highest BCUT2D eigenvalue weighted by atomic mass is 16.5. The molecular formula is C19H24N2O. The normalized spacial score (nSPS) is 14.1. The zero-order chi connectivity index (χ0) is 15.4. The molecule has 0 unspecified atom stereocenters. The van der Waals surface area contributed by atoms with E-state index in [1.165, 1.54) is 22.3 Å². The molecule has 0 bridgehead atoms. The lowest BCUT2D eigenvalue weighted by molar-refractivity contribution is 0.270. The maximum atomic E-state index is 5.46. The molecular weight excluding hydrogens is 272 g/mol. The first-order valence-corrected chi connectivity index (χ1v) is 7.95. The third kappa shape index (κ3) is 3.32. The molecule has 0 saturated heterocycles. The molecule has 1 aliphatic heterocycles. The number of para-hydroxylation sites is 1. The van der Waals surface area contributed by atoms with Gasteiger partial charge in [-0.2, -0.15) is 0 Å². The largest absolute Gasteiger partial charge is 0.496 e. The number of nitrogens with one attached hydrogen (secondary N) is 1. The Hall–Kier alpha value is -1.84. The van der Waals surface area contributed by atoms with E-state index in [0.29, 0.717) is 0 Å². The molecule has 0 radical (unpaired) electrons. The maximum Gasteiger partial charge on any atom is 0.123 e. The van der Waals surface area contributed by atoms with Gasteiger partial charge in [0.1, 0.15) is 5.75 Å². The summed E-state index contributed by atoms with van der Waals surface area (Å²) >= 11 is 0. The first-order valence-electron chi connectivity index (χ1n) is 7.95. The lowest BCUT2D eigenvalue weighted by atomic mass is 10.1. The van der Waals surface area contributed by atoms with Gasteiger partial charge in [0.25, 0.3) is 0 Å². The van der Waals surface area contributed by atoms with Crippen LogP contribution >= 0.6 is 0 Å². The van der Waals surface area contributed by atoms with Crippen molar-refractivity contribution in [2.24, 2.45) is 0 Å². The molecule has 0 aliphatic carbocycles. The Kier molecular flexibility index (Phi) is 4.76. The Bertz CT molecular complexity index is 639. The predicted molar refractivity (Wildman–Crippen MR) is 89.8 cm³/mol. The molecule has 0 spiro atoms. The van der Waals surface area contributed by atoms with Crippen molar-refractivity contribution in [2.45, 2.75) is 33.1 Å². The fourth-order valence-electron chi connectivity index (χ4n) is 3.08. The van der Waals surface area contributed by atoms with Crippen LogP contribution in [0.25, 0.3) is 0 Å². The highest BCUT2D eigenvalue weighted by molar-refractivity contribution is 5.37. The third-order valence-electron chi connectivity index (χ3n) is 4.22. The average Bonchev–Trinajstić information content (AvgIpc) is 2.95. The second-order valence-corrected chi connectivity index (χ2v) is 5.84. The smallest absolute Gasteiger partial charge is 0.123 e. The zero-order valence-electron chi connectivity index (χ0n) is 13.4. The monoisotopic (exact) mass is 296 g/mol. The summed E-state index contributed by atoms with van der Waals surface area (Å²) < 4.78 is 5.46. The highest BCUT2D eigenvalue weighted by Crippen LogP contribution is 2.27. The Morgan fingerprint density at radius 3 is 2.73 bits per heavy atom. The van der Waals surface area contributed by atoms with Gasteiger partial charge in [-0.1, -0.05) is 43.3 Å². The second kappa shape index (κ2) is 6.95. The second-order valence-electron chi connectivity index (χ2n) is 5.84. The van der Waals surface area contributed by atoms with Crippen LogP contribution in [0, 0.1) is 0 Å². The Morgan fingerprint density at radius 2 is 1.91 bits per heavy atom. The van der Waals surface area contributed by atoms with Gasteiger partial charge >= 0.3 is 0 Å². The van der Waals surface area contributed by atoms with Gasteiger partial charge in [0.2, 0.25) is 0 Å². The molecule has 1 heterocycles. The Balaban J connectivity index is 1.69. The van der Waals surface area contributed by atoms with Crippen LogP contribution in [-0.4, -0.2) is 18.6 Å². The van der Waals surface area contributed by atoms with Gasteiger partial charge < -0.3 is 10.1 Å². The van der Waals surface area contributed by atoms with Gasteiger partial charge in [0.15, 0.2) is 0 Å². The molecule has 116 valence electrons. The number of benzene rings is 2. The number of hydrogen-bond donors (Lipinski definition) is 1. The van der Waals surface area contributed by atoms with Crippen molar-refractivity contribution in [1.82, 2.24) is 10.2 Å². The van der Waals surface area contributed by atoms with Crippen LogP contribution in [0.3, 0.4) is 0 Å². The summed E-state index contributed by atoms with van der Waals surface area (Å²) in [6, 6.07) is 15.2. The van der Waals surface area contributed by atoms with Gasteiger partial charge in [0.05, 0.1) is 7.11 Å². The van der Waals surface area contributed by atoms with Crippen molar-refractivity contribution >= 4 is 0 Å². The van der Waals surface area contributed by atoms with Gasteiger partial charge in [-0.05, 0) is 29.3 Å². The lowest BCUT2D eigenvalue weighted by Crippen LogP contribution is -2.16. The van der Waals surface area contributed by atoms with E-state index < -0.39 is 0 Å². The summed E-state index contributed by atoms with van der Waals surface area (Å²) in [5.74, 6) is 0.978. The molecule has 2 aromatic rings. The van der Waals surface area contributed by atoms with Crippen LogP contribution in [0.2, 0.25) is 0 Å². The van der Waals surface area contributed by atoms with E-state index in [9.17, 15) is 0 Å². The van der Waals surface area contributed by atoms with E-state index in [1.54, 1.807) is 7.11 Å². The minimum Gasteiger partial charge on any atom is -0.496 e. The highest BCUT2D eigenvalue weighted by Gasteiger charge is 2.20. The van der Waals surface area contributed by atoms with Gasteiger partial charge in [-0.25, -0.2) is 0 Å². The predicted octanol–water partition coefficient (Wildman–Crippen LogP) is 3.32. The van der Waals surface area contributed by atoms with Crippen molar-refractivity contribution in [3.05, 3.63) is 64.7 Å². The number of nitrogens with zero attached hydrogens (tertiary/aromatic N) is 1. The molecule has 3 rings (SSSR count). The summed E-state index contributed by atoms with van der Waals surface area (Å²) in [7, 11) is 1.74. The van der Waals surface area contributed by atoms with Crippen molar-refractivity contribution in [3.63, 3.8) is 0 Å². The first-order chi connectivity index (χ1) is 10.8. The molecule has 0 saturated carbocycles. The number of methoxy groups -OCH3 is 1. The molecule has 3 heteroatoms. The lowest BCUT2D eigenvalue weighted by Gasteiger charge is -2.16. The molecule has 0 atom stereocenters. The van der Waals surface area contributed by atoms with Crippen molar-refractivity contribution < 1.29 is 4.74 Å². The number of hydrogen-bond acceptors (Lipinski definition) is 3. The fourth-order valence-corrected chi connectivity index (χ4v) is 3.08. The topological polar surface area (TPSA) is 24.5 Å². The minimum absolute atomic E-state index is 0.932. The number of rotatable bonds is 6. The molecule has 2 aromatic carbocycles. The van der Waals surface area contributed by atoms with Crippen molar-refractivity contribution in [3.8, 4) is 5.75 Å². The molecule has 0 fully saturated rings. The van der Waals surface area contributed by atoms with E-state index in [1.807, 2.05) is 12.1 Å². The van der Waals surface area contributed by atoms with E-state index in [2.05, 4.69) is 47.5 Å². The van der Waals surface area contributed by atoms with E-state index >= 15 is 0 Å². The first kappa shape index (κ1) is 15.1. The van der Waals surface area contributed by atoms with E-state index in [4.69, 9.17) is 4.74 Å². The fraction of sp³-hybridized carbons (Fsp3) is 0.368. The molecule has 1 N–H and O–H groups in total. The summed E-state index contributed by atoms with van der Waals surface area (Å²) in [5.41, 5.74) is 5.55. The number of ether oxygens (including phenoxy) is 1. The quantitative estimate of drug-likeness (QED) is 0.885. The van der Waals surface area contributed by atoms with Crippen LogP contribution in [0.4, 0.5) is 0 Å². The summed E-state index contributed by atoms with van der Waals surface area (Å²) in [4.78, 5) is 2.47. The minimum atomic E-state index is 0.932. The van der Waals surface area contributed by atoms with Crippen LogP contribution in [0.15, 0.2) is 42.5 Å². The van der Waals surface area contributed by atoms with Crippen LogP contribution < -0.4 is 10.1 Å². The molecule has 3 nitrogen and oxygen atoms in total. The molecule has 0 aromatic heterocycles. The molecule has 22 heavy (non-hydrogen) atoms. The van der Waals surface area contributed by atoms with Gasteiger partial charge in [0, 0.05) is 31.7 Å². The summed E-state index contributed by atoms with van der Waals surface area (Å²) in [5, 5.41) is 3.39. The van der Waals surface area contributed by atoms with E-state index in [-0.39, 0.29) is 0 Å². The standard InChI is InChI=1S/C19H24N2O/c1-3-20-11-15-8-9-16-12-21(14-18(16)10-15)13-17-6-4-5-7-19(17)22-2/h4-10,20H,3,11-14H2,1-2H3. The van der Waals surface area contributed by atoms with Crippen LogP contribution in [-0.2, 0) is 26.2 Å². The van der Waals surface area contributed by atoms with Gasteiger partial charge in [-0.3, -0.25) is 4.90 Å². The average molecular weight is 296 g/mol. The zero-order valence-corrected chi connectivity index (χ0v) is 13.4. The van der Waals surface area contributed by atoms with Gasteiger partial charge in [-0.15, -0.1) is 0 Å². The van der Waals surface area contributed by atoms with Crippen molar-refractivity contribution in [1.29, 1.82) is 0 Å². The Morgan fingerprint density at radius 1 is 1.09 bits per heavy atom. The molecule has 0 amide bonds. The maximum absolute atomic E-state index is 5.46. The summed E-state index contributed by atoms with van der Waals surface area (Å²) in [6.45, 7) is 7.08. The van der Waals surface area contributed by atoms with Crippen LogP contribution in [0.1, 0.15) is 29.2 Å². The summed E-state index contributed by atoms with van der Waals surface area (Å²) in [6.07, 6.45) is 0. The number of fused-ring (bicyclic) bond motifs is 1. The SMILES string of the molecule is CCNCc1ccc2c(c1)CN(Cc1ccccc1OC)C2. The third-order valence-corrected chi connectivity index (χ3v) is 4.22. The van der Waals surface area contributed by atoms with Crippen LogP contribution in [0.5, 0.6) is 5.75 Å². The van der Waals surface area contributed by atoms with Crippen molar-refractivity contribution in [2.75, 3.05) is 13.7 Å². The molecule has 1 aliphatic rings. The van der Waals surface area contributed by atoms with E-state index in [0.717, 1.165) is 38.5 Å².